The second-order valence-corrected chi connectivity index (χ2v) is 6.23. The van der Waals surface area contributed by atoms with Gasteiger partial charge in [0.1, 0.15) is 0 Å². The van der Waals surface area contributed by atoms with Crippen LogP contribution in [0.15, 0.2) is 6.20 Å². The van der Waals surface area contributed by atoms with Crippen molar-refractivity contribution in [2.45, 2.75) is 70.6 Å². The van der Waals surface area contributed by atoms with E-state index in [1.807, 2.05) is 6.20 Å². The van der Waals surface area contributed by atoms with Crippen molar-refractivity contribution in [3.8, 4) is 0 Å². The number of anilines is 1. The molecule has 1 aromatic rings. The van der Waals surface area contributed by atoms with E-state index in [-0.39, 0.29) is 5.91 Å². The van der Waals surface area contributed by atoms with Crippen molar-refractivity contribution in [1.82, 2.24) is 4.98 Å². The highest BCUT2D eigenvalue weighted by molar-refractivity contribution is 5.89. The van der Waals surface area contributed by atoms with Gasteiger partial charge in [0.05, 0.1) is 11.9 Å². The zero-order valence-electron chi connectivity index (χ0n) is 12.4. The number of hydrogen-bond donors (Lipinski definition) is 1. The van der Waals surface area contributed by atoms with Crippen LogP contribution >= 0.6 is 0 Å². The number of pyridine rings is 1. The summed E-state index contributed by atoms with van der Waals surface area (Å²) in [6.45, 7) is 1.59. The molecule has 0 atom stereocenters. The number of aryl methyl sites for hydroxylation is 1. The Hall–Kier alpha value is -1.38. The smallest absolute Gasteiger partial charge is 0.221 e. The predicted octanol–water partition coefficient (Wildman–Crippen LogP) is 3.97. The van der Waals surface area contributed by atoms with Gasteiger partial charge >= 0.3 is 0 Å². The Morgan fingerprint density at radius 3 is 2.60 bits per heavy atom. The molecular formula is C17H24N2O. The molecule has 3 heteroatoms. The van der Waals surface area contributed by atoms with E-state index in [9.17, 15) is 4.79 Å². The molecule has 3 nitrogen and oxygen atoms in total. The minimum absolute atomic E-state index is 0.0135. The third-order valence-corrected chi connectivity index (χ3v) is 4.73. The number of aromatic nitrogens is 1. The highest BCUT2D eigenvalue weighted by atomic mass is 16.1. The second kappa shape index (κ2) is 5.94. The largest absolute Gasteiger partial charge is 0.325 e. The first kappa shape index (κ1) is 13.6. The molecule has 3 rings (SSSR count). The van der Waals surface area contributed by atoms with Gasteiger partial charge in [-0.25, -0.2) is 0 Å². The van der Waals surface area contributed by atoms with Crippen molar-refractivity contribution in [1.29, 1.82) is 0 Å². The molecule has 0 aromatic carbocycles. The number of rotatable bonds is 2. The van der Waals surface area contributed by atoms with E-state index >= 15 is 0 Å². The SMILES string of the molecule is CC(=O)Nc1cnc2c(c1C1CCCCCC1)CCC2. The van der Waals surface area contributed by atoms with Gasteiger partial charge in [0.15, 0.2) is 0 Å². The van der Waals surface area contributed by atoms with E-state index < -0.39 is 0 Å². The first-order valence-electron chi connectivity index (χ1n) is 8.04. The molecule has 0 radical (unpaired) electrons. The van der Waals surface area contributed by atoms with Crippen molar-refractivity contribution >= 4 is 11.6 Å². The summed E-state index contributed by atoms with van der Waals surface area (Å²) in [5.74, 6) is 0.633. The number of carbonyl (C=O) groups is 1. The summed E-state index contributed by atoms with van der Waals surface area (Å²) in [6.07, 6.45) is 13.3. The van der Waals surface area contributed by atoms with Gasteiger partial charge < -0.3 is 5.32 Å². The van der Waals surface area contributed by atoms with E-state index in [0.29, 0.717) is 5.92 Å². The summed E-state index contributed by atoms with van der Waals surface area (Å²) in [7, 11) is 0. The zero-order chi connectivity index (χ0) is 13.9. The molecule has 20 heavy (non-hydrogen) atoms. The Labute approximate surface area is 121 Å². The fourth-order valence-corrected chi connectivity index (χ4v) is 3.86. The Balaban J connectivity index is 2.00. The fourth-order valence-electron chi connectivity index (χ4n) is 3.86. The first-order chi connectivity index (χ1) is 9.75. The van der Waals surface area contributed by atoms with Crippen LogP contribution in [0.2, 0.25) is 0 Å². The molecule has 2 aliphatic carbocycles. The molecule has 108 valence electrons. The van der Waals surface area contributed by atoms with Crippen molar-refractivity contribution in [3.63, 3.8) is 0 Å². The summed E-state index contributed by atoms with van der Waals surface area (Å²) in [6, 6.07) is 0. The van der Waals surface area contributed by atoms with E-state index in [1.54, 1.807) is 6.92 Å². The lowest BCUT2D eigenvalue weighted by atomic mass is 9.87. The van der Waals surface area contributed by atoms with E-state index in [0.717, 1.165) is 18.5 Å². The number of carbonyl (C=O) groups excluding carboxylic acids is 1. The van der Waals surface area contributed by atoms with Crippen molar-refractivity contribution in [2.24, 2.45) is 0 Å². The highest BCUT2D eigenvalue weighted by Gasteiger charge is 2.26. The van der Waals surface area contributed by atoms with Gasteiger partial charge in [-0.1, -0.05) is 25.7 Å². The van der Waals surface area contributed by atoms with Crippen LogP contribution in [0.4, 0.5) is 5.69 Å². The summed E-state index contributed by atoms with van der Waals surface area (Å²) in [5.41, 5.74) is 5.12. The van der Waals surface area contributed by atoms with Gasteiger partial charge in [-0.05, 0) is 49.1 Å². The predicted molar refractivity (Wildman–Crippen MR) is 81.0 cm³/mol. The molecule has 0 bridgehead atoms. The monoisotopic (exact) mass is 272 g/mol. The maximum Gasteiger partial charge on any atom is 0.221 e. The van der Waals surface area contributed by atoms with E-state index in [1.165, 1.54) is 61.8 Å². The standard InChI is InChI=1S/C17H24N2O/c1-12(20)19-16-11-18-15-10-6-9-14(15)17(16)13-7-4-2-3-5-8-13/h11,13H,2-10H2,1H3,(H,19,20). The van der Waals surface area contributed by atoms with Gasteiger partial charge in [-0.15, -0.1) is 0 Å². The Morgan fingerprint density at radius 1 is 1.15 bits per heavy atom. The number of amides is 1. The van der Waals surface area contributed by atoms with Gasteiger partial charge in [-0.2, -0.15) is 0 Å². The van der Waals surface area contributed by atoms with Crippen LogP contribution in [0.3, 0.4) is 0 Å². The van der Waals surface area contributed by atoms with Crippen LogP contribution in [-0.4, -0.2) is 10.9 Å². The molecule has 1 amide bonds. The summed E-state index contributed by atoms with van der Waals surface area (Å²) in [5, 5.41) is 3.02. The number of nitrogens with zero attached hydrogens (tertiary/aromatic N) is 1. The average molecular weight is 272 g/mol. The number of nitrogens with one attached hydrogen (secondary N) is 1. The van der Waals surface area contributed by atoms with E-state index in [4.69, 9.17) is 0 Å². The van der Waals surface area contributed by atoms with Crippen LogP contribution in [-0.2, 0) is 17.6 Å². The normalized spacial score (nSPS) is 19.4. The first-order valence-corrected chi connectivity index (χ1v) is 8.04. The molecule has 1 heterocycles. The van der Waals surface area contributed by atoms with E-state index in [2.05, 4.69) is 10.3 Å². The van der Waals surface area contributed by atoms with Crippen molar-refractivity contribution in [2.75, 3.05) is 5.32 Å². The highest BCUT2D eigenvalue weighted by Crippen LogP contribution is 2.40. The second-order valence-electron chi connectivity index (χ2n) is 6.23. The summed E-state index contributed by atoms with van der Waals surface area (Å²) in [4.78, 5) is 16.1. The summed E-state index contributed by atoms with van der Waals surface area (Å²) < 4.78 is 0. The average Bonchev–Trinajstić information content (AvgIpc) is 2.72. The topological polar surface area (TPSA) is 42.0 Å². The molecule has 0 saturated heterocycles. The minimum atomic E-state index is 0.0135. The Bertz CT molecular complexity index is 502. The van der Waals surface area contributed by atoms with Crippen LogP contribution in [0.1, 0.15) is 74.6 Å². The molecule has 0 spiro atoms. The molecule has 2 aliphatic rings. The molecular weight excluding hydrogens is 248 g/mol. The van der Waals surface area contributed by atoms with Crippen LogP contribution in [0.25, 0.3) is 0 Å². The minimum Gasteiger partial charge on any atom is -0.325 e. The molecule has 0 aliphatic heterocycles. The lowest BCUT2D eigenvalue weighted by Crippen LogP contribution is -2.13. The van der Waals surface area contributed by atoms with Crippen LogP contribution in [0, 0.1) is 0 Å². The van der Waals surface area contributed by atoms with Crippen molar-refractivity contribution in [3.05, 3.63) is 23.0 Å². The quantitative estimate of drug-likeness (QED) is 0.828. The zero-order valence-corrected chi connectivity index (χ0v) is 12.4. The van der Waals surface area contributed by atoms with Crippen molar-refractivity contribution < 1.29 is 4.79 Å². The fraction of sp³-hybridized carbons (Fsp3) is 0.647. The number of fused-ring (bicyclic) bond motifs is 1. The van der Waals surface area contributed by atoms with Crippen LogP contribution in [0.5, 0.6) is 0 Å². The molecule has 1 aromatic heterocycles. The van der Waals surface area contributed by atoms with Crippen LogP contribution < -0.4 is 5.32 Å². The Morgan fingerprint density at radius 2 is 1.90 bits per heavy atom. The van der Waals surface area contributed by atoms with Gasteiger partial charge in [0.2, 0.25) is 5.91 Å². The van der Waals surface area contributed by atoms with Gasteiger partial charge in [-0.3, -0.25) is 9.78 Å². The lowest BCUT2D eigenvalue weighted by Gasteiger charge is -2.22. The lowest BCUT2D eigenvalue weighted by molar-refractivity contribution is -0.114. The Kier molecular flexibility index (Phi) is 4.04. The molecule has 1 N–H and O–H groups in total. The maximum absolute atomic E-state index is 11.5. The molecule has 0 unspecified atom stereocenters. The maximum atomic E-state index is 11.5. The third-order valence-electron chi connectivity index (χ3n) is 4.73. The molecule has 1 saturated carbocycles. The molecule has 1 fully saturated rings. The van der Waals surface area contributed by atoms with Gasteiger partial charge in [0.25, 0.3) is 0 Å². The van der Waals surface area contributed by atoms with Gasteiger partial charge in [0, 0.05) is 12.6 Å². The summed E-state index contributed by atoms with van der Waals surface area (Å²) >= 11 is 0. The number of hydrogen-bond acceptors (Lipinski definition) is 2. The third kappa shape index (κ3) is 2.72.